The minimum Gasteiger partial charge on any atom is -0.429 e. The van der Waals surface area contributed by atoms with Crippen LogP contribution in [0.15, 0.2) is 35.9 Å². The summed E-state index contributed by atoms with van der Waals surface area (Å²) in [5, 5.41) is 11.0. The second-order valence-electron chi connectivity index (χ2n) is 5.68. The number of hydrogen-bond acceptors (Lipinski definition) is 4. The van der Waals surface area contributed by atoms with Crippen LogP contribution in [0.5, 0.6) is 0 Å². The molecular formula is C17H20O4. The second-order valence-corrected chi connectivity index (χ2v) is 5.68. The molecular weight excluding hydrogens is 268 g/mol. The second kappa shape index (κ2) is 5.82. The molecule has 2 atom stereocenters. The molecule has 0 spiro atoms. The van der Waals surface area contributed by atoms with Gasteiger partial charge in [-0.15, -0.1) is 0 Å². The first-order valence-corrected chi connectivity index (χ1v) is 7.02. The van der Waals surface area contributed by atoms with Gasteiger partial charge in [-0.05, 0) is 20.3 Å². The van der Waals surface area contributed by atoms with Crippen molar-refractivity contribution in [2.75, 3.05) is 0 Å². The van der Waals surface area contributed by atoms with Crippen LogP contribution < -0.4 is 0 Å². The van der Waals surface area contributed by atoms with Crippen LogP contribution in [0.3, 0.4) is 0 Å². The molecule has 1 aliphatic rings. The topological polar surface area (TPSA) is 63.6 Å². The number of allylic oxidation sites excluding steroid dienone is 2. The molecule has 0 saturated carbocycles. The molecule has 1 aromatic rings. The first-order valence-electron chi connectivity index (χ1n) is 7.02. The number of carbonyl (C=O) groups is 2. The number of carbonyl (C=O) groups excluding carboxylic acids is 2. The quantitative estimate of drug-likeness (QED) is 0.527. The van der Waals surface area contributed by atoms with Crippen LogP contribution in [0.25, 0.3) is 0 Å². The minimum atomic E-state index is -1.75. The van der Waals surface area contributed by atoms with Crippen molar-refractivity contribution in [2.45, 2.75) is 39.4 Å². The number of rotatable bonds is 3. The van der Waals surface area contributed by atoms with Crippen LogP contribution in [-0.2, 0) is 15.3 Å². The third-order valence-electron chi connectivity index (χ3n) is 3.71. The molecule has 0 saturated heterocycles. The Morgan fingerprint density at radius 1 is 1.38 bits per heavy atom. The number of aliphatic hydroxyl groups is 1. The largest absolute Gasteiger partial charge is 0.429 e. The van der Waals surface area contributed by atoms with Crippen LogP contribution in [0.4, 0.5) is 0 Å². The van der Waals surface area contributed by atoms with E-state index < -0.39 is 17.7 Å². The predicted molar refractivity (Wildman–Crippen MR) is 78.6 cm³/mol. The van der Waals surface area contributed by atoms with Gasteiger partial charge in [-0.3, -0.25) is 9.59 Å². The Hall–Kier alpha value is -1.94. The van der Waals surface area contributed by atoms with Crippen LogP contribution in [0, 0.1) is 5.92 Å². The summed E-state index contributed by atoms with van der Waals surface area (Å²) >= 11 is 0. The van der Waals surface area contributed by atoms with Crippen molar-refractivity contribution in [2.24, 2.45) is 5.92 Å². The molecule has 0 unspecified atom stereocenters. The van der Waals surface area contributed by atoms with E-state index in [4.69, 9.17) is 4.74 Å². The average Bonchev–Trinajstić information content (AvgIpc) is 2.41. The maximum Gasteiger partial charge on any atom is 0.305 e. The van der Waals surface area contributed by atoms with E-state index in [1.165, 1.54) is 6.92 Å². The SMILES string of the molecule is CC(=O)O[C@]1(O)c2ccccc2C(=O)C[C@H]1CC=C(C)C. The summed E-state index contributed by atoms with van der Waals surface area (Å²) in [4.78, 5) is 23.7. The predicted octanol–water partition coefficient (Wildman–Crippen LogP) is 2.95. The normalized spacial score (nSPS) is 24.2. The van der Waals surface area contributed by atoms with Gasteiger partial charge >= 0.3 is 5.97 Å². The first-order chi connectivity index (χ1) is 9.84. The summed E-state index contributed by atoms with van der Waals surface area (Å²) in [5.74, 6) is -2.82. The summed E-state index contributed by atoms with van der Waals surface area (Å²) in [6.07, 6.45) is 2.58. The van der Waals surface area contributed by atoms with E-state index in [9.17, 15) is 14.7 Å². The van der Waals surface area contributed by atoms with E-state index in [2.05, 4.69) is 0 Å². The molecule has 1 aromatic carbocycles. The molecule has 1 aliphatic carbocycles. The van der Waals surface area contributed by atoms with E-state index in [0.29, 0.717) is 17.5 Å². The van der Waals surface area contributed by atoms with Gasteiger partial charge in [0.05, 0.1) is 0 Å². The van der Waals surface area contributed by atoms with Gasteiger partial charge in [0.1, 0.15) is 0 Å². The number of fused-ring (bicyclic) bond motifs is 1. The van der Waals surface area contributed by atoms with Crippen molar-refractivity contribution in [3.63, 3.8) is 0 Å². The molecule has 0 amide bonds. The Kier molecular flexibility index (Phi) is 4.28. The molecule has 1 N–H and O–H groups in total. The number of esters is 1. The number of Topliss-reactive ketones (excluding diaryl/α,β-unsaturated/α-hetero) is 1. The summed E-state index contributed by atoms with van der Waals surface area (Å²) < 4.78 is 5.23. The molecule has 0 heterocycles. The minimum absolute atomic E-state index is 0.0328. The average molecular weight is 288 g/mol. The Labute approximate surface area is 124 Å². The highest BCUT2D eigenvalue weighted by molar-refractivity contribution is 5.99. The molecule has 0 bridgehead atoms. The fourth-order valence-electron chi connectivity index (χ4n) is 2.71. The van der Waals surface area contributed by atoms with E-state index >= 15 is 0 Å². The highest BCUT2D eigenvalue weighted by Crippen LogP contribution is 2.42. The monoisotopic (exact) mass is 288 g/mol. The third kappa shape index (κ3) is 3.05. The highest BCUT2D eigenvalue weighted by Gasteiger charge is 2.48. The maximum absolute atomic E-state index is 12.2. The van der Waals surface area contributed by atoms with E-state index in [-0.39, 0.29) is 12.2 Å². The lowest BCUT2D eigenvalue weighted by Crippen LogP contribution is -2.44. The van der Waals surface area contributed by atoms with E-state index in [1.54, 1.807) is 24.3 Å². The molecule has 0 aromatic heterocycles. The molecule has 4 heteroatoms. The van der Waals surface area contributed by atoms with Crippen molar-refractivity contribution >= 4 is 11.8 Å². The van der Waals surface area contributed by atoms with Gasteiger partial charge in [0, 0.05) is 30.4 Å². The summed E-state index contributed by atoms with van der Waals surface area (Å²) in [6, 6.07) is 6.76. The molecule has 2 rings (SSSR count). The van der Waals surface area contributed by atoms with Gasteiger partial charge in [0.2, 0.25) is 5.79 Å². The van der Waals surface area contributed by atoms with Gasteiger partial charge in [-0.25, -0.2) is 0 Å². The first kappa shape index (κ1) is 15.4. The fourth-order valence-corrected chi connectivity index (χ4v) is 2.71. The Morgan fingerprint density at radius 2 is 2.05 bits per heavy atom. The number of hydrogen-bond donors (Lipinski definition) is 1. The van der Waals surface area contributed by atoms with Gasteiger partial charge < -0.3 is 9.84 Å². The van der Waals surface area contributed by atoms with Gasteiger partial charge in [-0.2, -0.15) is 0 Å². The third-order valence-corrected chi connectivity index (χ3v) is 3.71. The zero-order valence-corrected chi connectivity index (χ0v) is 12.6. The van der Waals surface area contributed by atoms with E-state index in [1.807, 2.05) is 19.9 Å². The molecule has 0 fully saturated rings. The van der Waals surface area contributed by atoms with Crippen LogP contribution in [0.1, 0.15) is 49.5 Å². The number of ketones is 1. The molecule has 0 aliphatic heterocycles. The number of benzene rings is 1. The zero-order chi connectivity index (χ0) is 15.6. The Morgan fingerprint density at radius 3 is 2.67 bits per heavy atom. The van der Waals surface area contributed by atoms with Gasteiger partial charge in [0.15, 0.2) is 5.78 Å². The zero-order valence-electron chi connectivity index (χ0n) is 12.6. The Balaban J connectivity index is 2.49. The molecule has 112 valence electrons. The lowest BCUT2D eigenvalue weighted by atomic mass is 9.76. The molecule has 0 radical (unpaired) electrons. The van der Waals surface area contributed by atoms with E-state index in [0.717, 1.165) is 5.57 Å². The van der Waals surface area contributed by atoms with Gasteiger partial charge in [0.25, 0.3) is 0 Å². The van der Waals surface area contributed by atoms with Crippen LogP contribution >= 0.6 is 0 Å². The van der Waals surface area contributed by atoms with Gasteiger partial charge in [-0.1, -0.05) is 35.9 Å². The van der Waals surface area contributed by atoms with Crippen molar-refractivity contribution in [1.82, 2.24) is 0 Å². The smallest absolute Gasteiger partial charge is 0.305 e. The standard InChI is InChI=1S/C17H20O4/c1-11(2)8-9-13-10-16(19)14-6-4-5-7-15(14)17(13,20)21-12(3)18/h4-8,13,20H,9-10H2,1-3H3/t13-,17+/m1/s1. The Bertz CT molecular complexity index is 599. The number of ether oxygens (including phenoxy) is 1. The lowest BCUT2D eigenvalue weighted by Gasteiger charge is -2.39. The van der Waals surface area contributed by atoms with Crippen LogP contribution in [-0.4, -0.2) is 16.9 Å². The summed E-state index contributed by atoms with van der Waals surface area (Å²) in [5.41, 5.74) is 1.89. The highest BCUT2D eigenvalue weighted by atomic mass is 16.7. The summed E-state index contributed by atoms with van der Waals surface area (Å²) in [6.45, 7) is 5.15. The fraction of sp³-hybridized carbons (Fsp3) is 0.412. The molecule has 21 heavy (non-hydrogen) atoms. The van der Waals surface area contributed by atoms with Crippen molar-refractivity contribution in [1.29, 1.82) is 0 Å². The molecule has 4 nitrogen and oxygen atoms in total. The lowest BCUT2D eigenvalue weighted by molar-refractivity contribution is -0.238. The summed E-state index contributed by atoms with van der Waals surface area (Å²) in [7, 11) is 0. The van der Waals surface area contributed by atoms with Crippen molar-refractivity contribution < 1.29 is 19.4 Å². The van der Waals surface area contributed by atoms with Crippen LogP contribution in [0.2, 0.25) is 0 Å². The van der Waals surface area contributed by atoms with Crippen molar-refractivity contribution in [3.05, 3.63) is 47.0 Å². The maximum atomic E-state index is 12.2. The van der Waals surface area contributed by atoms with Crippen molar-refractivity contribution in [3.8, 4) is 0 Å².